The number of aryl methyl sites for hydroxylation is 1. The van der Waals surface area contributed by atoms with Crippen molar-refractivity contribution in [1.82, 2.24) is 19.4 Å². The van der Waals surface area contributed by atoms with Crippen molar-refractivity contribution >= 4 is 22.9 Å². The summed E-state index contributed by atoms with van der Waals surface area (Å²) in [4.78, 5) is 21.5. The molecule has 6 nitrogen and oxygen atoms in total. The van der Waals surface area contributed by atoms with Crippen LogP contribution in [0, 0.1) is 0 Å². The third-order valence-corrected chi connectivity index (χ3v) is 6.23. The Morgan fingerprint density at radius 1 is 0.889 bits per heavy atom. The summed E-state index contributed by atoms with van der Waals surface area (Å²) in [6, 6.07) is 6.87. The number of hydrogen-bond acceptors (Lipinski definition) is 4. The number of piperazine rings is 1. The molecule has 2 aromatic carbocycles. The van der Waals surface area contributed by atoms with Gasteiger partial charge in [0, 0.05) is 38.3 Å². The molecule has 0 radical (unpaired) electrons. The van der Waals surface area contributed by atoms with Crippen molar-refractivity contribution in [2.24, 2.45) is 0 Å². The summed E-state index contributed by atoms with van der Waals surface area (Å²) in [6.45, 7) is 4.86. The highest BCUT2D eigenvalue weighted by molar-refractivity contribution is 6.04. The summed E-state index contributed by atoms with van der Waals surface area (Å²) < 4.78 is 79.8. The number of aromatic nitrogens is 2. The smallest absolute Gasteiger partial charge is 0.310 e. The van der Waals surface area contributed by atoms with E-state index in [1.807, 2.05) is 0 Å². The summed E-state index contributed by atoms with van der Waals surface area (Å²) in [6.07, 6.45) is -8.43. The molecule has 1 fully saturated rings. The highest BCUT2D eigenvalue weighted by Gasteiger charge is 2.32. The van der Waals surface area contributed by atoms with Crippen LogP contribution in [0.25, 0.3) is 11.0 Å². The van der Waals surface area contributed by atoms with Gasteiger partial charge in [-0.25, -0.2) is 4.98 Å². The molecule has 0 saturated carbocycles. The normalized spacial score (nSPS) is 16.0. The lowest BCUT2D eigenvalue weighted by molar-refractivity contribution is -0.138. The number of benzene rings is 2. The number of likely N-dealkylation sites (N-methyl/N-ethyl adjacent to an activating group) is 1. The molecule has 1 N–H and O–H groups in total. The molecule has 3 aromatic rings. The minimum atomic E-state index is -4.55. The van der Waals surface area contributed by atoms with E-state index in [2.05, 4.69) is 27.1 Å². The second kappa shape index (κ2) is 10.1. The fourth-order valence-corrected chi connectivity index (χ4v) is 4.14. The fourth-order valence-electron chi connectivity index (χ4n) is 4.14. The average molecular weight is 513 g/mol. The van der Waals surface area contributed by atoms with Crippen LogP contribution in [-0.2, 0) is 18.9 Å². The Labute approximate surface area is 203 Å². The predicted octanol–water partition coefficient (Wildman–Crippen LogP) is 4.96. The molecule has 0 unspecified atom stereocenters. The van der Waals surface area contributed by atoms with E-state index >= 15 is 0 Å². The predicted molar refractivity (Wildman–Crippen MR) is 123 cm³/mol. The van der Waals surface area contributed by atoms with Crippen molar-refractivity contribution < 1.29 is 31.1 Å². The molecule has 36 heavy (non-hydrogen) atoms. The molecular weight excluding hydrogens is 488 g/mol. The number of anilines is 1. The number of alkyl halides is 6. The number of amides is 1. The van der Waals surface area contributed by atoms with Gasteiger partial charge in [0.25, 0.3) is 5.91 Å². The Hall–Kier alpha value is -3.12. The van der Waals surface area contributed by atoms with Crippen molar-refractivity contribution in [3.63, 3.8) is 0 Å². The Morgan fingerprint density at radius 3 is 2.11 bits per heavy atom. The highest BCUT2D eigenvalue weighted by Crippen LogP contribution is 2.33. The highest BCUT2D eigenvalue weighted by atomic mass is 19.4. The summed E-state index contributed by atoms with van der Waals surface area (Å²) in [5.74, 6) is -0.678. The first kappa shape index (κ1) is 26.0. The quantitative estimate of drug-likeness (QED) is 0.474. The zero-order valence-electron chi connectivity index (χ0n) is 19.5. The van der Waals surface area contributed by atoms with E-state index in [9.17, 15) is 31.1 Å². The van der Waals surface area contributed by atoms with Gasteiger partial charge in [0.05, 0.1) is 22.2 Å². The first-order valence-corrected chi connectivity index (χ1v) is 11.4. The van der Waals surface area contributed by atoms with E-state index < -0.39 is 29.4 Å². The van der Waals surface area contributed by atoms with Gasteiger partial charge < -0.3 is 14.4 Å². The number of imidazole rings is 1. The number of nitrogens with one attached hydrogen (secondary N) is 1. The van der Waals surface area contributed by atoms with Crippen LogP contribution < -0.4 is 5.32 Å². The van der Waals surface area contributed by atoms with Gasteiger partial charge in [0.15, 0.2) is 0 Å². The van der Waals surface area contributed by atoms with Gasteiger partial charge in [-0.15, -0.1) is 0 Å². The second-order valence-corrected chi connectivity index (χ2v) is 8.82. The molecule has 0 spiro atoms. The second-order valence-electron chi connectivity index (χ2n) is 8.82. The van der Waals surface area contributed by atoms with Crippen LogP contribution in [0.1, 0.15) is 27.9 Å². The molecule has 0 bridgehead atoms. The molecule has 1 aliphatic rings. The minimum Gasteiger partial charge on any atom is -0.310 e. The van der Waals surface area contributed by atoms with E-state index in [1.165, 1.54) is 6.07 Å². The van der Waals surface area contributed by atoms with Gasteiger partial charge in [-0.1, -0.05) is 0 Å². The van der Waals surface area contributed by atoms with E-state index in [1.54, 1.807) is 4.57 Å². The Kier molecular flexibility index (Phi) is 7.28. The average Bonchev–Trinajstić information content (AvgIpc) is 3.15. The molecule has 12 heteroatoms. The summed E-state index contributed by atoms with van der Waals surface area (Å²) in [5.41, 5.74) is -1.31. The number of rotatable bonds is 6. The maximum absolute atomic E-state index is 13.2. The van der Waals surface area contributed by atoms with Crippen LogP contribution >= 0.6 is 0 Å². The number of hydrogen-bond donors (Lipinski definition) is 1. The van der Waals surface area contributed by atoms with Crippen LogP contribution in [0.3, 0.4) is 0 Å². The van der Waals surface area contributed by atoms with Crippen molar-refractivity contribution in [3.05, 3.63) is 59.2 Å². The molecule has 1 amide bonds. The molecule has 0 aliphatic carbocycles. The van der Waals surface area contributed by atoms with Crippen molar-refractivity contribution in [3.8, 4) is 0 Å². The van der Waals surface area contributed by atoms with Crippen LogP contribution in [0.15, 0.2) is 42.5 Å². The summed E-state index contributed by atoms with van der Waals surface area (Å²) in [5, 5.41) is 2.56. The van der Waals surface area contributed by atoms with Crippen molar-refractivity contribution in [2.75, 3.05) is 45.1 Å². The summed E-state index contributed by atoms with van der Waals surface area (Å²) >= 11 is 0. The SMILES string of the molecule is CN1CCN(CCCn2c(NC(=O)c3ccc(C(F)(F)F)cc3)nc3cc(C(F)(F)F)ccc32)CC1. The van der Waals surface area contributed by atoms with Gasteiger partial charge >= 0.3 is 12.4 Å². The van der Waals surface area contributed by atoms with E-state index in [0.29, 0.717) is 18.5 Å². The van der Waals surface area contributed by atoms with Crippen LogP contribution in [0.2, 0.25) is 0 Å². The molecule has 4 rings (SSSR count). The first-order chi connectivity index (χ1) is 16.9. The third-order valence-electron chi connectivity index (χ3n) is 6.23. The molecule has 1 saturated heterocycles. The largest absolute Gasteiger partial charge is 0.416 e. The van der Waals surface area contributed by atoms with Gasteiger partial charge in [0.2, 0.25) is 5.95 Å². The van der Waals surface area contributed by atoms with Crippen LogP contribution in [0.4, 0.5) is 32.3 Å². The van der Waals surface area contributed by atoms with Gasteiger partial charge in [-0.2, -0.15) is 26.3 Å². The number of carbonyl (C=O) groups excluding carboxylic acids is 1. The number of halogens is 6. The third kappa shape index (κ3) is 5.98. The Balaban J connectivity index is 1.57. The van der Waals surface area contributed by atoms with E-state index in [0.717, 1.165) is 69.1 Å². The molecule has 2 heterocycles. The number of nitrogens with zero attached hydrogens (tertiary/aromatic N) is 4. The minimum absolute atomic E-state index is 0.0324. The van der Waals surface area contributed by atoms with Gasteiger partial charge in [-0.05, 0) is 62.5 Å². The molecule has 194 valence electrons. The topological polar surface area (TPSA) is 53.4 Å². The molecule has 1 aliphatic heterocycles. The lowest BCUT2D eigenvalue weighted by Crippen LogP contribution is -2.44. The van der Waals surface area contributed by atoms with Crippen LogP contribution in [0.5, 0.6) is 0 Å². The number of carbonyl (C=O) groups is 1. The maximum atomic E-state index is 13.2. The lowest BCUT2D eigenvalue weighted by atomic mass is 10.1. The van der Waals surface area contributed by atoms with Crippen molar-refractivity contribution in [1.29, 1.82) is 0 Å². The monoisotopic (exact) mass is 513 g/mol. The maximum Gasteiger partial charge on any atom is 0.416 e. The van der Waals surface area contributed by atoms with E-state index in [-0.39, 0.29) is 17.0 Å². The lowest BCUT2D eigenvalue weighted by Gasteiger charge is -2.32. The Bertz CT molecular complexity index is 1210. The van der Waals surface area contributed by atoms with E-state index in [4.69, 9.17) is 0 Å². The standard InChI is InChI=1S/C24H25F6N5O/c1-33-11-13-34(14-12-33)9-2-10-35-20-8-7-18(24(28,29)30)15-19(20)31-22(35)32-21(36)16-3-5-17(6-4-16)23(25,26)27/h3-8,15H,2,9-14H2,1H3,(H,31,32,36). The molecule has 1 aromatic heterocycles. The van der Waals surface area contributed by atoms with Crippen molar-refractivity contribution in [2.45, 2.75) is 25.3 Å². The van der Waals surface area contributed by atoms with Gasteiger partial charge in [-0.3, -0.25) is 10.1 Å². The first-order valence-electron chi connectivity index (χ1n) is 11.4. The van der Waals surface area contributed by atoms with Gasteiger partial charge in [0.1, 0.15) is 0 Å². The zero-order chi connectivity index (χ0) is 26.1. The Morgan fingerprint density at radius 2 is 1.50 bits per heavy atom. The number of fused-ring (bicyclic) bond motifs is 1. The molecular formula is C24H25F6N5O. The fraction of sp³-hybridized carbons (Fsp3) is 0.417. The zero-order valence-corrected chi connectivity index (χ0v) is 19.5. The molecule has 0 atom stereocenters. The summed E-state index contributed by atoms with van der Waals surface area (Å²) in [7, 11) is 2.05. The van der Waals surface area contributed by atoms with Crippen LogP contribution in [-0.4, -0.2) is 65.0 Å².